The van der Waals surface area contributed by atoms with E-state index in [-0.39, 0.29) is 11.1 Å². The first kappa shape index (κ1) is 13.0. The van der Waals surface area contributed by atoms with Crippen LogP contribution in [0, 0.1) is 11.3 Å². The van der Waals surface area contributed by atoms with Crippen LogP contribution in [0.3, 0.4) is 0 Å². The molecule has 1 N–H and O–H groups in total. The van der Waals surface area contributed by atoms with Gasteiger partial charge in [0, 0.05) is 6.54 Å². The summed E-state index contributed by atoms with van der Waals surface area (Å²) in [6, 6.07) is 6.18. The monoisotopic (exact) mass is 234 g/mol. The Kier molecular flexibility index (Phi) is 4.49. The van der Waals surface area contributed by atoms with Crippen LogP contribution in [-0.2, 0) is 0 Å². The van der Waals surface area contributed by atoms with Gasteiger partial charge >= 0.3 is 5.97 Å². The Hall–Kier alpha value is -2.06. The third kappa shape index (κ3) is 3.78. The summed E-state index contributed by atoms with van der Waals surface area (Å²) in [5, 5.41) is 17.7. The van der Waals surface area contributed by atoms with E-state index in [0.29, 0.717) is 12.4 Å². The van der Waals surface area contributed by atoms with Gasteiger partial charge in [-0.3, -0.25) is 0 Å². The summed E-state index contributed by atoms with van der Waals surface area (Å²) >= 11 is 0. The lowest BCUT2D eigenvalue weighted by atomic mass is 10.1. The normalized spacial score (nSPS) is 10.0. The molecule has 1 aromatic rings. The molecule has 0 aromatic heterocycles. The van der Waals surface area contributed by atoms with Crippen LogP contribution in [0.5, 0.6) is 5.75 Å². The van der Waals surface area contributed by atoms with Gasteiger partial charge < -0.3 is 14.7 Å². The van der Waals surface area contributed by atoms with Gasteiger partial charge in [0.2, 0.25) is 0 Å². The minimum atomic E-state index is -1.05. The van der Waals surface area contributed by atoms with Gasteiger partial charge in [-0.05, 0) is 32.3 Å². The van der Waals surface area contributed by atoms with Crippen LogP contribution in [0.25, 0.3) is 0 Å². The van der Waals surface area contributed by atoms with Crippen molar-refractivity contribution in [3.05, 3.63) is 29.3 Å². The lowest BCUT2D eigenvalue weighted by Crippen LogP contribution is -2.19. The highest BCUT2D eigenvalue weighted by Crippen LogP contribution is 2.19. The summed E-state index contributed by atoms with van der Waals surface area (Å²) in [7, 11) is 3.84. The highest BCUT2D eigenvalue weighted by Gasteiger charge is 2.09. The fraction of sp³-hybridized carbons (Fsp3) is 0.333. The number of benzene rings is 1. The van der Waals surface area contributed by atoms with Gasteiger partial charge in [0.25, 0.3) is 0 Å². The topological polar surface area (TPSA) is 73.6 Å². The molecule has 5 heteroatoms. The molecule has 0 fully saturated rings. The van der Waals surface area contributed by atoms with E-state index in [1.54, 1.807) is 0 Å². The predicted octanol–water partition coefficient (Wildman–Crippen LogP) is 1.20. The van der Waals surface area contributed by atoms with Crippen LogP contribution in [-0.4, -0.2) is 43.2 Å². The van der Waals surface area contributed by atoms with Crippen molar-refractivity contribution in [3.8, 4) is 11.8 Å². The Balaban J connectivity index is 2.79. The predicted molar refractivity (Wildman–Crippen MR) is 62.2 cm³/mol. The number of aromatic carboxylic acids is 1. The van der Waals surface area contributed by atoms with Gasteiger partial charge in [-0.25, -0.2) is 4.79 Å². The van der Waals surface area contributed by atoms with Crippen molar-refractivity contribution in [1.29, 1.82) is 5.26 Å². The number of ether oxygens (including phenoxy) is 1. The summed E-state index contributed by atoms with van der Waals surface area (Å²) in [5.41, 5.74) is 0.324. The average Bonchev–Trinajstić information content (AvgIpc) is 2.28. The number of carboxylic acids is 1. The highest BCUT2D eigenvalue weighted by atomic mass is 16.5. The van der Waals surface area contributed by atoms with Gasteiger partial charge in [-0.15, -0.1) is 0 Å². The van der Waals surface area contributed by atoms with Crippen molar-refractivity contribution < 1.29 is 14.6 Å². The zero-order valence-electron chi connectivity index (χ0n) is 9.80. The third-order valence-electron chi connectivity index (χ3n) is 2.14. The minimum absolute atomic E-state index is 0.0847. The zero-order valence-corrected chi connectivity index (χ0v) is 9.80. The van der Waals surface area contributed by atoms with Gasteiger partial charge in [-0.1, -0.05) is 0 Å². The quantitative estimate of drug-likeness (QED) is 0.828. The number of likely N-dealkylation sites (N-methyl/N-ethyl adjacent to an activating group) is 1. The summed E-state index contributed by atoms with van der Waals surface area (Å²) < 4.78 is 5.42. The molecule has 1 rings (SSSR count). The van der Waals surface area contributed by atoms with E-state index >= 15 is 0 Å². The maximum absolute atomic E-state index is 10.7. The van der Waals surface area contributed by atoms with E-state index in [4.69, 9.17) is 15.1 Å². The molecule has 5 nitrogen and oxygen atoms in total. The molecule has 0 heterocycles. The first-order valence-corrected chi connectivity index (χ1v) is 5.09. The zero-order chi connectivity index (χ0) is 12.8. The van der Waals surface area contributed by atoms with Crippen molar-refractivity contribution in [3.63, 3.8) is 0 Å². The molecular weight excluding hydrogens is 220 g/mol. The molecule has 0 aliphatic carbocycles. The molecule has 0 unspecified atom stereocenters. The lowest BCUT2D eigenvalue weighted by Gasteiger charge is -2.12. The molecule has 1 aromatic carbocycles. The number of carbonyl (C=O) groups is 1. The molecule has 0 saturated heterocycles. The molecule has 0 aliphatic heterocycles. The standard InChI is InChI=1S/C12H14N2O3/c1-14(2)5-6-17-11-4-3-9(12(15)16)7-10(11)8-13/h3-4,7H,5-6H2,1-2H3,(H,15,16). The van der Waals surface area contributed by atoms with E-state index < -0.39 is 5.97 Å². The van der Waals surface area contributed by atoms with Gasteiger partial charge in [-0.2, -0.15) is 5.26 Å². The molecule has 0 saturated carbocycles. The molecule has 0 spiro atoms. The van der Waals surface area contributed by atoms with E-state index in [1.165, 1.54) is 18.2 Å². The summed E-state index contributed by atoms with van der Waals surface area (Å²) in [6.45, 7) is 1.18. The number of hydrogen-bond donors (Lipinski definition) is 1. The van der Waals surface area contributed by atoms with E-state index in [1.807, 2.05) is 25.1 Å². The summed E-state index contributed by atoms with van der Waals surface area (Å²) in [5.74, 6) is -0.638. The second-order valence-electron chi connectivity index (χ2n) is 3.78. The molecule has 17 heavy (non-hydrogen) atoms. The average molecular weight is 234 g/mol. The molecule has 0 bridgehead atoms. The largest absolute Gasteiger partial charge is 0.491 e. The highest BCUT2D eigenvalue weighted by molar-refractivity contribution is 5.88. The van der Waals surface area contributed by atoms with Gasteiger partial charge in [0.1, 0.15) is 18.4 Å². The third-order valence-corrected chi connectivity index (χ3v) is 2.14. The lowest BCUT2D eigenvalue weighted by molar-refractivity contribution is 0.0697. The molecule has 0 atom stereocenters. The SMILES string of the molecule is CN(C)CCOc1ccc(C(=O)O)cc1C#N. The number of nitrogens with zero attached hydrogens (tertiary/aromatic N) is 2. The molecule has 0 aliphatic rings. The number of carboxylic acid groups (broad SMARTS) is 1. The first-order valence-electron chi connectivity index (χ1n) is 5.09. The van der Waals surface area contributed by atoms with Gasteiger partial charge in [0.15, 0.2) is 0 Å². The smallest absolute Gasteiger partial charge is 0.335 e. The van der Waals surface area contributed by atoms with Crippen LogP contribution in [0.15, 0.2) is 18.2 Å². The van der Waals surface area contributed by atoms with Crippen LogP contribution in [0.4, 0.5) is 0 Å². The Morgan fingerprint density at radius 3 is 2.76 bits per heavy atom. The Morgan fingerprint density at radius 2 is 2.24 bits per heavy atom. The fourth-order valence-corrected chi connectivity index (χ4v) is 1.21. The van der Waals surface area contributed by atoms with Gasteiger partial charge in [0.05, 0.1) is 11.1 Å². The maximum Gasteiger partial charge on any atom is 0.335 e. The van der Waals surface area contributed by atoms with Crippen molar-refractivity contribution >= 4 is 5.97 Å². The Morgan fingerprint density at radius 1 is 1.53 bits per heavy atom. The van der Waals surface area contributed by atoms with Crippen molar-refractivity contribution in [2.24, 2.45) is 0 Å². The van der Waals surface area contributed by atoms with E-state index in [2.05, 4.69) is 0 Å². The van der Waals surface area contributed by atoms with Crippen LogP contribution in [0.2, 0.25) is 0 Å². The first-order chi connectivity index (χ1) is 8.04. The Labute approximate surface area is 99.8 Å². The van der Waals surface area contributed by atoms with E-state index in [9.17, 15) is 4.79 Å². The second-order valence-corrected chi connectivity index (χ2v) is 3.78. The fourth-order valence-electron chi connectivity index (χ4n) is 1.21. The minimum Gasteiger partial charge on any atom is -0.491 e. The van der Waals surface area contributed by atoms with Crippen molar-refractivity contribution in [2.45, 2.75) is 0 Å². The van der Waals surface area contributed by atoms with Crippen molar-refractivity contribution in [2.75, 3.05) is 27.2 Å². The number of nitriles is 1. The molecule has 90 valence electrons. The number of hydrogen-bond acceptors (Lipinski definition) is 4. The van der Waals surface area contributed by atoms with Crippen LogP contribution in [0.1, 0.15) is 15.9 Å². The second kappa shape index (κ2) is 5.87. The summed E-state index contributed by atoms with van der Waals surface area (Å²) in [6.07, 6.45) is 0. The summed E-state index contributed by atoms with van der Waals surface area (Å²) in [4.78, 5) is 12.7. The van der Waals surface area contributed by atoms with Crippen LogP contribution < -0.4 is 4.74 Å². The maximum atomic E-state index is 10.7. The van der Waals surface area contributed by atoms with E-state index in [0.717, 1.165) is 6.54 Å². The molecule has 0 amide bonds. The molecular formula is C12H14N2O3. The number of rotatable bonds is 5. The van der Waals surface area contributed by atoms with Crippen LogP contribution >= 0.6 is 0 Å². The molecule has 0 radical (unpaired) electrons. The Bertz CT molecular complexity index is 450. The van der Waals surface area contributed by atoms with Crippen molar-refractivity contribution in [1.82, 2.24) is 4.90 Å².